The van der Waals surface area contributed by atoms with E-state index in [2.05, 4.69) is 42.3 Å². The van der Waals surface area contributed by atoms with E-state index in [1.165, 1.54) is 37.1 Å². The van der Waals surface area contributed by atoms with Crippen LogP contribution in [0.3, 0.4) is 0 Å². The number of nitrogens with one attached hydrogen (secondary N) is 1. The molecule has 0 spiro atoms. The van der Waals surface area contributed by atoms with Crippen molar-refractivity contribution >= 4 is 17.3 Å². The Morgan fingerprint density at radius 1 is 1.32 bits per heavy atom. The Kier molecular flexibility index (Phi) is 5.53. The third kappa shape index (κ3) is 4.39. The lowest BCUT2D eigenvalue weighted by Gasteiger charge is -2.25. The van der Waals surface area contributed by atoms with E-state index in [0.717, 1.165) is 30.6 Å². The van der Waals surface area contributed by atoms with Gasteiger partial charge in [0.1, 0.15) is 0 Å². The third-order valence-corrected chi connectivity index (χ3v) is 3.90. The Morgan fingerprint density at radius 3 is 2.68 bits per heavy atom. The van der Waals surface area contributed by atoms with Crippen molar-refractivity contribution in [1.82, 2.24) is 5.32 Å². The van der Waals surface area contributed by atoms with E-state index in [9.17, 15) is 0 Å². The van der Waals surface area contributed by atoms with Crippen LogP contribution in [0.15, 0.2) is 18.2 Å². The zero-order valence-corrected chi connectivity index (χ0v) is 12.8. The number of halogens is 1. The molecule has 0 aromatic heterocycles. The average Bonchev–Trinajstić information content (AvgIpc) is 3.20. The molecule has 1 aliphatic rings. The highest BCUT2D eigenvalue weighted by atomic mass is 35.5. The molecule has 3 heteroatoms. The summed E-state index contributed by atoms with van der Waals surface area (Å²) in [6.07, 6.45) is 3.94. The van der Waals surface area contributed by atoms with Crippen LogP contribution in [0.5, 0.6) is 0 Å². The lowest BCUT2D eigenvalue weighted by Crippen LogP contribution is -2.26. The van der Waals surface area contributed by atoms with Crippen molar-refractivity contribution < 1.29 is 0 Å². The fourth-order valence-electron chi connectivity index (χ4n) is 2.38. The maximum atomic E-state index is 6.47. The standard InChI is InChI=1S/C16H25ClN2/c1-3-9-19(12-13-5-6-13)16-8-7-14(10-15(16)17)11-18-4-2/h7-8,10,13,18H,3-6,9,11-12H2,1-2H3. The van der Waals surface area contributed by atoms with Gasteiger partial charge in [0.05, 0.1) is 10.7 Å². The zero-order valence-electron chi connectivity index (χ0n) is 12.1. The van der Waals surface area contributed by atoms with Crippen LogP contribution in [-0.2, 0) is 6.54 Å². The Labute approximate surface area is 122 Å². The van der Waals surface area contributed by atoms with E-state index in [1.54, 1.807) is 0 Å². The molecule has 0 amide bonds. The maximum absolute atomic E-state index is 6.47. The van der Waals surface area contributed by atoms with Gasteiger partial charge in [0, 0.05) is 19.6 Å². The van der Waals surface area contributed by atoms with Gasteiger partial charge in [-0.2, -0.15) is 0 Å². The number of hydrogen-bond donors (Lipinski definition) is 1. The van der Waals surface area contributed by atoms with Crippen LogP contribution in [0.25, 0.3) is 0 Å². The van der Waals surface area contributed by atoms with Crippen molar-refractivity contribution in [3.8, 4) is 0 Å². The van der Waals surface area contributed by atoms with Crippen LogP contribution in [-0.4, -0.2) is 19.6 Å². The predicted octanol–water partition coefficient (Wildman–Crippen LogP) is 4.08. The first-order valence-corrected chi connectivity index (χ1v) is 7.86. The first-order chi connectivity index (χ1) is 9.24. The molecular formula is C16H25ClN2. The highest BCUT2D eigenvalue weighted by Crippen LogP contribution is 2.34. The van der Waals surface area contributed by atoms with Crippen LogP contribution in [0.2, 0.25) is 5.02 Å². The maximum Gasteiger partial charge on any atom is 0.0642 e. The van der Waals surface area contributed by atoms with Crippen molar-refractivity contribution in [1.29, 1.82) is 0 Å². The summed E-state index contributed by atoms with van der Waals surface area (Å²) in [5.41, 5.74) is 2.47. The molecule has 0 bridgehead atoms. The first kappa shape index (κ1) is 14.7. The fourth-order valence-corrected chi connectivity index (χ4v) is 2.70. The molecule has 1 aromatic rings. The lowest BCUT2D eigenvalue weighted by atomic mass is 10.1. The van der Waals surface area contributed by atoms with Gasteiger partial charge in [-0.15, -0.1) is 0 Å². The van der Waals surface area contributed by atoms with E-state index in [-0.39, 0.29) is 0 Å². The molecule has 1 aromatic carbocycles. The molecule has 0 unspecified atom stereocenters. The Morgan fingerprint density at radius 2 is 2.11 bits per heavy atom. The monoisotopic (exact) mass is 280 g/mol. The molecule has 19 heavy (non-hydrogen) atoms. The minimum atomic E-state index is 0.893. The molecular weight excluding hydrogens is 256 g/mol. The lowest BCUT2D eigenvalue weighted by molar-refractivity contribution is 0.706. The Hall–Kier alpha value is -0.730. The van der Waals surface area contributed by atoms with Gasteiger partial charge in [0.2, 0.25) is 0 Å². The summed E-state index contributed by atoms with van der Waals surface area (Å²) in [4.78, 5) is 2.46. The van der Waals surface area contributed by atoms with Crippen molar-refractivity contribution in [2.24, 2.45) is 5.92 Å². The molecule has 106 valence electrons. The molecule has 1 N–H and O–H groups in total. The van der Waals surface area contributed by atoms with E-state index in [4.69, 9.17) is 11.6 Å². The molecule has 1 aliphatic carbocycles. The topological polar surface area (TPSA) is 15.3 Å². The minimum absolute atomic E-state index is 0.893. The number of hydrogen-bond acceptors (Lipinski definition) is 2. The normalized spacial score (nSPS) is 14.7. The second-order valence-electron chi connectivity index (χ2n) is 5.46. The van der Waals surface area contributed by atoms with Crippen molar-refractivity contribution in [3.63, 3.8) is 0 Å². The van der Waals surface area contributed by atoms with Gasteiger partial charge in [0.15, 0.2) is 0 Å². The van der Waals surface area contributed by atoms with E-state index < -0.39 is 0 Å². The number of benzene rings is 1. The van der Waals surface area contributed by atoms with Gasteiger partial charge < -0.3 is 10.2 Å². The summed E-state index contributed by atoms with van der Waals surface area (Å²) in [6, 6.07) is 6.49. The van der Waals surface area contributed by atoms with E-state index in [0.29, 0.717) is 0 Å². The number of rotatable bonds is 8. The molecule has 1 fully saturated rings. The highest BCUT2D eigenvalue weighted by molar-refractivity contribution is 6.33. The third-order valence-electron chi connectivity index (χ3n) is 3.60. The molecule has 0 heterocycles. The van der Waals surface area contributed by atoms with Crippen molar-refractivity contribution in [3.05, 3.63) is 28.8 Å². The fraction of sp³-hybridized carbons (Fsp3) is 0.625. The molecule has 1 saturated carbocycles. The summed E-state index contributed by atoms with van der Waals surface area (Å²) in [5.74, 6) is 0.893. The van der Waals surface area contributed by atoms with Crippen LogP contribution in [0.1, 0.15) is 38.7 Å². The zero-order chi connectivity index (χ0) is 13.7. The quantitative estimate of drug-likeness (QED) is 0.772. The molecule has 0 saturated heterocycles. The smallest absolute Gasteiger partial charge is 0.0642 e. The molecule has 2 rings (SSSR count). The first-order valence-electron chi connectivity index (χ1n) is 7.48. The summed E-state index contributed by atoms with van der Waals surface area (Å²) in [5, 5.41) is 4.23. The second kappa shape index (κ2) is 7.16. The van der Waals surface area contributed by atoms with E-state index in [1.807, 2.05) is 0 Å². The highest BCUT2D eigenvalue weighted by Gasteiger charge is 2.24. The van der Waals surface area contributed by atoms with Crippen molar-refractivity contribution in [2.75, 3.05) is 24.5 Å². The van der Waals surface area contributed by atoms with Gasteiger partial charge >= 0.3 is 0 Å². The number of nitrogens with zero attached hydrogens (tertiary/aromatic N) is 1. The summed E-state index contributed by atoms with van der Waals surface area (Å²) < 4.78 is 0. The SMILES string of the molecule is CCCN(CC1CC1)c1ccc(CNCC)cc1Cl. The average molecular weight is 281 g/mol. The second-order valence-corrected chi connectivity index (χ2v) is 5.86. The van der Waals surface area contributed by atoms with Gasteiger partial charge in [0.25, 0.3) is 0 Å². The predicted molar refractivity (Wildman–Crippen MR) is 84.1 cm³/mol. The number of anilines is 1. The van der Waals surface area contributed by atoms with Crippen LogP contribution >= 0.6 is 11.6 Å². The molecule has 0 atom stereocenters. The minimum Gasteiger partial charge on any atom is -0.370 e. The van der Waals surface area contributed by atoms with Gasteiger partial charge in [-0.25, -0.2) is 0 Å². The van der Waals surface area contributed by atoms with Crippen LogP contribution in [0, 0.1) is 5.92 Å². The van der Waals surface area contributed by atoms with Gasteiger partial charge in [-0.3, -0.25) is 0 Å². The summed E-state index contributed by atoms with van der Waals surface area (Å²) in [6.45, 7) is 8.50. The Balaban J connectivity index is 2.07. The Bertz CT molecular complexity index is 402. The van der Waals surface area contributed by atoms with Crippen LogP contribution in [0.4, 0.5) is 5.69 Å². The molecule has 0 radical (unpaired) electrons. The van der Waals surface area contributed by atoms with Gasteiger partial charge in [-0.05, 0) is 49.4 Å². The molecule has 0 aliphatic heterocycles. The van der Waals surface area contributed by atoms with Crippen LogP contribution < -0.4 is 10.2 Å². The summed E-state index contributed by atoms with van der Waals surface area (Å²) in [7, 11) is 0. The van der Waals surface area contributed by atoms with E-state index >= 15 is 0 Å². The van der Waals surface area contributed by atoms with Crippen molar-refractivity contribution in [2.45, 2.75) is 39.7 Å². The summed E-state index contributed by atoms with van der Waals surface area (Å²) >= 11 is 6.47. The molecule has 2 nitrogen and oxygen atoms in total. The van der Waals surface area contributed by atoms with Gasteiger partial charge in [-0.1, -0.05) is 31.5 Å². The largest absolute Gasteiger partial charge is 0.370 e.